The molecule has 4 rings (SSSR count). The van der Waals surface area contributed by atoms with Crippen molar-refractivity contribution in [3.8, 4) is 5.75 Å². The summed E-state index contributed by atoms with van der Waals surface area (Å²) in [6.45, 7) is 4.39. The van der Waals surface area contributed by atoms with Crippen molar-refractivity contribution >= 4 is 27.5 Å². The molecule has 3 atom stereocenters. The molecule has 0 saturated carbocycles. The highest BCUT2D eigenvalue weighted by atomic mass is 32.2. The number of halogens is 1. The topological polar surface area (TPSA) is 125 Å². The van der Waals surface area contributed by atoms with Crippen LogP contribution in [0.25, 0.3) is 0 Å². The van der Waals surface area contributed by atoms with Gasteiger partial charge in [-0.05, 0) is 56.2 Å². The van der Waals surface area contributed by atoms with E-state index in [1.807, 2.05) is 6.92 Å². The lowest BCUT2D eigenvalue weighted by atomic mass is 9.98. The number of carbonyl (C=O) groups is 2. The number of aliphatic hydroxyl groups excluding tert-OH is 1. The Kier molecular flexibility index (Phi) is 9.44. The second kappa shape index (κ2) is 12.6. The van der Waals surface area contributed by atoms with E-state index in [1.54, 1.807) is 25.1 Å². The van der Waals surface area contributed by atoms with E-state index in [4.69, 9.17) is 9.47 Å². The van der Waals surface area contributed by atoms with Crippen LogP contribution in [0.4, 0.5) is 10.1 Å². The van der Waals surface area contributed by atoms with Crippen LogP contribution in [0.2, 0.25) is 0 Å². The molecule has 2 N–H and O–H groups in total. The van der Waals surface area contributed by atoms with Gasteiger partial charge in [0, 0.05) is 38.6 Å². The number of nitrogens with zero attached hydrogens (tertiary/aromatic N) is 2. The fourth-order valence-electron chi connectivity index (χ4n) is 4.89. The van der Waals surface area contributed by atoms with Gasteiger partial charge in [0.2, 0.25) is 15.9 Å². The van der Waals surface area contributed by atoms with Gasteiger partial charge in [0.05, 0.1) is 35.3 Å². The van der Waals surface area contributed by atoms with E-state index in [0.717, 1.165) is 16.4 Å². The van der Waals surface area contributed by atoms with Crippen LogP contribution < -0.4 is 10.1 Å². The molecular formula is C28H36FN3O7S. The van der Waals surface area contributed by atoms with Crippen molar-refractivity contribution in [2.45, 2.75) is 43.7 Å². The smallest absolute Gasteiger partial charge is 0.258 e. The Labute approximate surface area is 234 Å². The molecule has 0 spiro atoms. The van der Waals surface area contributed by atoms with E-state index >= 15 is 0 Å². The van der Waals surface area contributed by atoms with E-state index in [-0.39, 0.29) is 59.6 Å². The van der Waals surface area contributed by atoms with Gasteiger partial charge in [-0.1, -0.05) is 13.0 Å². The number of carbonyl (C=O) groups excluding carboxylic acids is 2. The van der Waals surface area contributed by atoms with Gasteiger partial charge in [0.1, 0.15) is 11.9 Å². The quantitative estimate of drug-likeness (QED) is 0.494. The number of para-hydroxylation sites is 1. The zero-order chi connectivity index (χ0) is 29.0. The van der Waals surface area contributed by atoms with E-state index in [1.165, 1.54) is 24.1 Å². The average molecular weight is 578 g/mol. The van der Waals surface area contributed by atoms with E-state index < -0.39 is 28.0 Å². The molecule has 2 aliphatic rings. The summed E-state index contributed by atoms with van der Waals surface area (Å²) < 4.78 is 52.8. The normalized spacial score (nSPS) is 21.2. The van der Waals surface area contributed by atoms with Crippen LogP contribution in [0, 0.1) is 17.7 Å². The van der Waals surface area contributed by atoms with Crippen LogP contribution in [-0.2, 0) is 19.6 Å². The first-order valence-electron chi connectivity index (χ1n) is 13.3. The second-order valence-corrected chi connectivity index (χ2v) is 12.5. The third kappa shape index (κ3) is 6.46. The zero-order valence-electron chi connectivity index (χ0n) is 22.9. The minimum Gasteiger partial charge on any atom is -0.486 e. The Hall–Kier alpha value is -3.06. The molecule has 0 radical (unpaired) electrons. The molecule has 10 nitrogen and oxygen atoms in total. The third-order valence-corrected chi connectivity index (χ3v) is 9.34. The summed E-state index contributed by atoms with van der Waals surface area (Å²) in [5, 5.41) is 12.8. The highest BCUT2D eigenvalue weighted by molar-refractivity contribution is 7.89. The predicted octanol–water partition coefficient (Wildman–Crippen LogP) is 2.73. The molecule has 218 valence electrons. The summed E-state index contributed by atoms with van der Waals surface area (Å²) in [5.41, 5.74) is 0.508. The maximum Gasteiger partial charge on any atom is 0.258 e. The Balaban J connectivity index is 1.69. The van der Waals surface area contributed by atoms with Crippen LogP contribution in [0.1, 0.15) is 37.0 Å². The molecule has 40 heavy (non-hydrogen) atoms. The number of rotatable bonds is 8. The van der Waals surface area contributed by atoms with Crippen molar-refractivity contribution < 1.29 is 37.0 Å². The fraction of sp³-hybridized carbons (Fsp3) is 0.500. The minimum atomic E-state index is -3.98. The average Bonchev–Trinajstić information content (AvgIpc) is 2.95. The Morgan fingerprint density at radius 3 is 2.52 bits per heavy atom. The lowest BCUT2D eigenvalue weighted by Gasteiger charge is -2.38. The highest BCUT2D eigenvalue weighted by Crippen LogP contribution is 2.36. The molecular weight excluding hydrogens is 541 g/mol. The van der Waals surface area contributed by atoms with Crippen LogP contribution in [0.5, 0.6) is 5.75 Å². The number of amides is 2. The number of benzene rings is 2. The lowest BCUT2D eigenvalue weighted by molar-refractivity contribution is -0.122. The van der Waals surface area contributed by atoms with Gasteiger partial charge in [-0.25, -0.2) is 12.8 Å². The summed E-state index contributed by atoms with van der Waals surface area (Å²) in [4.78, 5) is 28.2. The third-order valence-electron chi connectivity index (χ3n) is 7.50. The number of hydrogen-bond donors (Lipinski definition) is 2. The number of aliphatic hydroxyl groups is 1. The molecule has 0 aromatic heterocycles. The van der Waals surface area contributed by atoms with Gasteiger partial charge in [0.15, 0.2) is 5.75 Å². The van der Waals surface area contributed by atoms with Crippen LogP contribution >= 0.6 is 0 Å². The van der Waals surface area contributed by atoms with Crippen molar-refractivity contribution in [1.29, 1.82) is 0 Å². The lowest BCUT2D eigenvalue weighted by Crippen LogP contribution is -2.50. The highest BCUT2D eigenvalue weighted by Gasteiger charge is 2.36. The fourth-order valence-corrected chi connectivity index (χ4v) is 6.08. The predicted molar refractivity (Wildman–Crippen MR) is 146 cm³/mol. The SMILES string of the molecule is C[C@@H]1CN([C@@H](C)CO)C(=O)c2cccc(NC(=O)C3CCOCC3)c2O[C@@H]1CN(C)S(=O)(=O)c1ccc(F)cc1. The number of sulfonamides is 1. The zero-order valence-corrected chi connectivity index (χ0v) is 23.7. The Morgan fingerprint density at radius 2 is 1.88 bits per heavy atom. The maximum atomic E-state index is 13.6. The molecule has 1 saturated heterocycles. The molecule has 2 amide bonds. The van der Waals surface area contributed by atoms with Gasteiger partial charge in [-0.15, -0.1) is 0 Å². The van der Waals surface area contributed by atoms with Gasteiger partial charge in [0.25, 0.3) is 5.91 Å². The molecule has 0 aliphatic carbocycles. The molecule has 2 heterocycles. The molecule has 0 bridgehead atoms. The molecule has 0 unspecified atom stereocenters. The van der Waals surface area contributed by atoms with Crippen LogP contribution in [-0.4, -0.2) is 86.6 Å². The Morgan fingerprint density at radius 1 is 1.20 bits per heavy atom. The number of ether oxygens (including phenoxy) is 2. The summed E-state index contributed by atoms with van der Waals surface area (Å²) in [7, 11) is -2.57. The van der Waals surface area contributed by atoms with Gasteiger partial charge >= 0.3 is 0 Å². The van der Waals surface area contributed by atoms with E-state index in [0.29, 0.717) is 31.7 Å². The number of likely N-dealkylation sites (N-methyl/N-ethyl adjacent to an activating group) is 1. The number of anilines is 1. The van der Waals surface area contributed by atoms with Crippen molar-refractivity contribution in [1.82, 2.24) is 9.21 Å². The van der Waals surface area contributed by atoms with Crippen LogP contribution in [0.15, 0.2) is 47.4 Å². The first kappa shape index (κ1) is 29.9. The first-order chi connectivity index (χ1) is 19.0. The van der Waals surface area contributed by atoms with Crippen molar-refractivity contribution in [3.63, 3.8) is 0 Å². The van der Waals surface area contributed by atoms with Crippen LogP contribution in [0.3, 0.4) is 0 Å². The van der Waals surface area contributed by atoms with Gasteiger partial charge in [-0.2, -0.15) is 4.31 Å². The van der Waals surface area contributed by atoms with Crippen molar-refractivity contribution in [2.75, 3.05) is 45.3 Å². The molecule has 2 aliphatic heterocycles. The van der Waals surface area contributed by atoms with E-state index in [9.17, 15) is 27.5 Å². The molecule has 2 aromatic rings. The molecule has 12 heteroatoms. The number of hydrogen-bond acceptors (Lipinski definition) is 7. The molecule has 2 aromatic carbocycles. The van der Waals surface area contributed by atoms with Crippen molar-refractivity contribution in [2.24, 2.45) is 11.8 Å². The number of fused-ring (bicyclic) bond motifs is 1. The summed E-state index contributed by atoms with van der Waals surface area (Å²) in [6.07, 6.45) is 0.420. The largest absolute Gasteiger partial charge is 0.486 e. The van der Waals surface area contributed by atoms with Gasteiger partial charge in [-0.3, -0.25) is 9.59 Å². The molecule has 1 fully saturated rings. The monoisotopic (exact) mass is 577 g/mol. The standard InChI is InChI=1S/C28H36FN3O7S/c1-18-15-32(19(2)17-33)28(35)23-5-4-6-24(30-27(34)20-11-13-38-14-12-20)26(23)39-25(18)16-31(3)40(36,37)22-9-7-21(29)8-10-22/h4-10,18-20,25,33H,11-17H2,1-3H3,(H,30,34)/t18-,19+,25-/m1/s1. The number of nitrogens with one attached hydrogen (secondary N) is 1. The summed E-state index contributed by atoms with van der Waals surface area (Å²) in [6, 6.07) is 8.93. The Bertz CT molecular complexity index is 1320. The van der Waals surface area contributed by atoms with E-state index in [2.05, 4.69) is 5.32 Å². The summed E-state index contributed by atoms with van der Waals surface area (Å²) in [5.74, 6) is -1.59. The minimum absolute atomic E-state index is 0.0644. The van der Waals surface area contributed by atoms with Crippen molar-refractivity contribution in [3.05, 3.63) is 53.8 Å². The second-order valence-electron chi connectivity index (χ2n) is 10.4. The van der Waals surface area contributed by atoms with Gasteiger partial charge < -0.3 is 24.8 Å². The summed E-state index contributed by atoms with van der Waals surface area (Å²) >= 11 is 0. The maximum absolute atomic E-state index is 13.6. The first-order valence-corrected chi connectivity index (χ1v) is 14.8.